The first-order valence-electron chi connectivity index (χ1n) is 7.74. The molecule has 3 N–H and O–H groups in total. The summed E-state index contributed by atoms with van der Waals surface area (Å²) in [6, 6.07) is 13.7. The molecule has 0 unspecified atom stereocenters. The number of benzene rings is 2. The predicted octanol–water partition coefficient (Wildman–Crippen LogP) is 3.56. The number of phenols is 1. The molecule has 0 aromatic heterocycles. The van der Waals surface area contributed by atoms with E-state index in [1.165, 1.54) is 12.3 Å². The number of nitrogens with zero attached hydrogens (tertiary/aromatic N) is 1. The Morgan fingerprint density at radius 3 is 2.64 bits per heavy atom. The van der Waals surface area contributed by atoms with Crippen molar-refractivity contribution in [2.45, 2.75) is 13.8 Å². The molecular weight excluding hydrogens is 318 g/mol. The van der Waals surface area contributed by atoms with Gasteiger partial charge in [0.2, 0.25) is 0 Å². The smallest absolute Gasteiger partial charge is 0.267 e. The summed E-state index contributed by atoms with van der Waals surface area (Å²) in [5.74, 6) is 0.186. The molecule has 0 atom stereocenters. The number of hydrogen-bond acceptors (Lipinski definition) is 5. The summed E-state index contributed by atoms with van der Waals surface area (Å²) < 4.78 is 5.33. The zero-order valence-corrected chi connectivity index (χ0v) is 14.0. The number of phenolic OH excluding ortho intramolecular Hbond substituents is 1. The third kappa shape index (κ3) is 5.01. The van der Waals surface area contributed by atoms with Crippen LogP contribution in [0.15, 0.2) is 54.2 Å². The first-order chi connectivity index (χ1) is 12.0. The van der Waals surface area contributed by atoms with E-state index in [2.05, 4.69) is 10.6 Å². The van der Waals surface area contributed by atoms with Gasteiger partial charge in [-0.2, -0.15) is 5.26 Å². The molecule has 0 spiro atoms. The Morgan fingerprint density at radius 2 is 2.00 bits per heavy atom. The van der Waals surface area contributed by atoms with Crippen LogP contribution >= 0.6 is 0 Å². The van der Waals surface area contributed by atoms with Gasteiger partial charge in [0.15, 0.2) is 0 Å². The molecule has 2 rings (SSSR count). The maximum absolute atomic E-state index is 12.2. The maximum Gasteiger partial charge on any atom is 0.267 e. The molecule has 128 valence electrons. The van der Waals surface area contributed by atoms with E-state index < -0.39 is 5.91 Å². The number of amides is 1. The van der Waals surface area contributed by atoms with Gasteiger partial charge in [0, 0.05) is 11.9 Å². The number of carbonyl (C=O) groups excluding carboxylic acids is 1. The third-order valence-corrected chi connectivity index (χ3v) is 3.31. The lowest BCUT2D eigenvalue weighted by Crippen LogP contribution is -2.14. The van der Waals surface area contributed by atoms with Crippen LogP contribution in [-0.2, 0) is 4.79 Å². The van der Waals surface area contributed by atoms with Crippen molar-refractivity contribution < 1.29 is 14.6 Å². The molecule has 0 heterocycles. The summed E-state index contributed by atoms with van der Waals surface area (Å²) >= 11 is 0. The van der Waals surface area contributed by atoms with Gasteiger partial charge in [-0.15, -0.1) is 0 Å². The first kappa shape index (κ1) is 17.9. The van der Waals surface area contributed by atoms with Crippen LogP contribution in [0.25, 0.3) is 0 Å². The molecule has 0 saturated carbocycles. The average Bonchev–Trinajstić information content (AvgIpc) is 2.60. The molecule has 1 amide bonds. The van der Waals surface area contributed by atoms with Gasteiger partial charge in [-0.25, -0.2) is 0 Å². The molecule has 0 radical (unpaired) electrons. The molecule has 0 fully saturated rings. The van der Waals surface area contributed by atoms with Crippen LogP contribution in [0.3, 0.4) is 0 Å². The molecule has 25 heavy (non-hydrogen) atoms. The number of ether oxygens (including phenoxy) is 1. The van der Waals surface area contributed by atoms with Gasteiger partial charge in [0.05, 0.1) is 12.3 Å². The fourth-order valence-corrected chi connectivity index (χ4v) is 2.06. The Hall–Kier alpha value is -3.46. The average molecular weight is 337 g/mol. The maximum atomic E-state index is 12.2. The minimum Gasteiger partial charge on any atom is -0.506 e. The monoisotopic (exact) mass is 337 g/mol. The van der Waals surface area contributed by atoms with Gasteiger partial charge in [0.1, 0.15) is 23.1 Å². The van der Waals surface area contributed by atoms with E-state index >= 15 is 0 Å². The molecule has 2 aromatic rings. The lowest BCUT2D eigenvalue weighted by atomic mass is 10.2. The van der Waals surface area contributed by atoms with E-state index in [0.717, 1.165) is 5.56 Å². The number of nitrogens with one attached hydrogen (secondary N) is 2. The zero-order chi connectivity index (χ0) is 18.2. The molecule has 6 heteroatoms. The van der Waals surface area contributed by atoms with Crippen molar-refractivity contribution in [2.75, 3.05) is 17.2 Å². The summed E-state index contributed by atoms with van der Waals surface area (Å²) in [6.45, 7) is 4.32. The van der Waals surface area contributed by atoms with Crippen LogP contribution in [0.1, 0.15) is 12.5 Å². The molecule has 6 nitrogen and oxygen atoms in total. The molecule has 0 bridgehead atoms. The molecule has 0 aliphatic rings. The van der Waals surface area contributed by atoms with Crippen molar-refractivity contribution in [3.05, 3.63) is 59.8 Å². The standard InChI is InChI=1S/C19H19N3O3/c1-3-25-16-7-5-15(6-8-16)22-19(24)14(11-20)12-21-17-10-13(2)4-9-18(17)23/h4-10,12,21,23H,3H2,1-2H3,(H,22,24)/b14-12-. The van der Waals surface area contributed by atoms with Gasteiger partial charge in [0.25, 0.3) is 5.91 Å². The second-order valence-electron chi connectivity index (χ2n) is 5.25. The molecular formula is C19H19N3O3. The van der Waals surface area contributed by atoms with Crippen molar-refractivity contribution in [2.24, 2.45) is 0 Å². The van der Waals surface area contributed by atoms with Crippen LogP contribution in [0, 0.1) is 18.3 Å². The Labute approximate surface area is 146 Å². The molecule has 0 saturated heterocycles. The van der Waals surface area contributed by atoms with E-state index in [1.54, 1.807) is 36.4 Å². The van der Waals surface area contributed by atoms with Crippen LogP contribution in [0.4, 0.5) is 11.4 Å². The SMILES string of the molecule is CCOc1ccc(NC(=O)/C(C#N)=C\Nc2cc(C)ccc2O)cc1. The van der Waals surface area contributed by atoms with Crippen molar-refractivity contribution in [3.63, 3.8) is 0 Å². The highest BCUT2D eigenvalue weighted by molar-refractivity contribution is 6.06. The van der Waals surface area contributed by atoms with Gasteiger partial charge >= 0.3 is 0 Å². The largest absolute Gasteiger partial charge is 0.506 e. The van der Waals surface area contributed by atoms with Gasteiger partial charge < -0.3 is 20.5 Å². The number of hydrogen-bond donors (Lipinski definition) is 3. The lowest BCUT2D eigenvalue weighted by molar-refractivity contribution is -0.112. The Balaban J connectivity index is 2.07. The number of aryl methyl sites for hydroxylation is 1. The van der Waals surface area contributed by atoms with Crippen LogP contribution in [0.2, 0.25) is 0 Å². The molecule has 0 aliphatic heterocycles. The summed E-state index contributed by atoms with van der Waals surface area (Å²) in [7, 11) is 0. The zero-order valence-electron chi connectivity index (χ0n) is 14.0. The Morgan fingerprint density at radius 1 is 1.28 bits per heavy atom. The fourth-order valence-electron chi connectivity index (χ4n) is 2.06. The summed E-state index contributed by atoms with van der Waals surface area (Å²) in [5.41, 5.74) is 1.79. The number of anilines is 2. The topological polar surface area (TPSA) is 94.4 Å². The Kier molecular flexibility index (Phi) is 6.02. The summed E-state index contributed by atoms with van der Waals surface area (Å²) in [4.78, 5) is 12.2. The van der Waals surface area contributed by atoms with Crippen molar-refractivity contribution in [3.8, 4) is 17.6 Å². The summed E-state index contributed by atoms with van der Waals surface area (Å²) in [6.07, 6.45) is 1.26. The van der Waals surface area contributed by atoms with Gasteiger partial charge in [-0.05, 0) is 55.8 Å². The van der Waals surface area contributed by atoms with Gasteiger partial charge in [-0.1, -0.05) is 6.07 Å². The predicted molar refractivity (Wildman–Crippen MR) is 96.4 cm³/mol. The van der Waals surface area contributed by atoms with E-state index in [-0.39, 0.29) is 11.3 Å². The molecule has 0 aliphatic carbocycles. The third-order valence-electron chi connectivity index (χ3n) is 3.31. The second kappa shape index (κ2) is 8.41. The van der Waals surface area contributed by atoms with Crippen LogP contribution < -0.4 is 15.4 Å². The second-order valence-corrected chi connectivity index (χ2v) is 5.25. The molecule has 2 aromatic carbocycles. The van der Waals surface area contributed by atoms with Crippen LogP contribution in [-0.4, -0.2) is 17.6 Å². The van der Waals surface area contributed by atoms with Crippen molar-refractivity contribution in [1.29, 1.82) is 5.26 Å². The summed E-state index contributed by atoms with van der Waals surface area (Å²) in [5, 5.41) is 24.4. The highest BCUT2D eigenvalue weighted by Gasteiger charge is 2.10. The number of rotatable bonds is 6. The first-order valence-corrected chi connectivity index (χ1v) is 7.74. The lowest BCUT2D eigenvalue weighted by Gasteiger charge is -2.08. The van der Waals surface area contributed by atoms with E-state index in [0.29, 0.717) is 23.7 Å². The van der Waals surface area contributed by atoms with E-state index in [9.17, 15) is 15.2 Å². The quantitative estimate of drug-likeness (QED) is 0.426. The van der Waals surface area contributed by atoms with E-state index in [4.69, 9.17) is 4.74 Å². The fraction of sp³-hybridized carbons (Fsp3) is 0.158. The highest BCUT2D eigenvalue weighted by Crippen LogP contribution is 2.24. The van der Waals surface area contributed by atoms with Crippen molar-refractivity contribution >= 4 is 17.3 Å². The Bertz CT molecular complexity index is 821. The number of carbonyl (C=O) groups is 1. The van der Waals surface area contributed by atoms with Gasteiger partial charge in [-0.3, -0.25) is 4.79 Å². The number of aromatic hydroxyl groups is 1. The van der Waals surface area contributed by atoms with Crippen molar-refractivity contribution in [1.82, 2.24) is 0 Å². The normalized spacial score (nSPS) is 10.7. The highest BCUT2D eigenvalue weighted by atomic mass is 16.5. The number of nitriles is 1. The minimum atomic E-state index is -0.550. The van der Waals surface area contributed by atoms with Crippen LogP contribution in [0.5, 0.6) is 11.5 Å². The van der Waals surface area contributed by atoms with E-state index in [1.807, 2.05) is 19.9 Å². The minimum absolute atomic E-state index is 0.0334.